The van der Waals surface area contributed by atoms with Gasteiger partial charge in [0, 0.05) is 17.8 Å². The van der Waals surface area contributed by atoms with Gasteiger partial charge in [-0.05, 0) is 37.3 Å². The number of halogens is 3. The summed E-state index contributed by atoms with van der Waals surface area (Å²) >= 11 is 0. The van der Waals surface area contributed by atoms with Crippen LogP contribution in [0.5, 0.6) is 0 Å². The molecule has 0 aliphatic carbocycles. The molecule has 0 aliphatic heterocycles. The summed E-state index contributed by atoms with van der Waals surface area (Å²) in [6.07, 6.45) is -2.24. The predicted molar refractivity (Wildman–Crippen MR) is 115 cm³/mol. The number of aryl methyl sites for hydroxylation is 2. The van der Waals surface area contributed by atoms with Crippen molar-refractivity contribution in [1.82, 2.24) is 24.9 Å². The highest BCUT2D eigenvalue weighted by atomic mass is 19.4. The highest BCUT2D eigenvalue weighted by molar-refractivity contribution is 5.76. The van der Waals surface area contributed by atoms with Gasteiger partial charge in [0.1, 0.15) is 0 Å². The summed E-state index contributed by atoms with van der Waals surface area (Å²) in [6, 6.07) is 9.79. The van der Waals surface area contributed by atoms with E-state index in [1.807, 2.05) is 30.3 Å². The van der Waals surface area contributed by atoms with E-state index in [1.54, 1.807) is 13.8 Å². The fourth-order valence-corrected chi connectivity index (χ4v) is 4.07. The van der Waals surface area contributed by atoms with Crippen LogP contribution in [0.2, 0.25) is 0 Å². The Morgan fingerprint density at radius 1 is 1.09 bits per heavy atom. The van der Waals surface area contributed by atoms with Gasteiger partial charge in [0.05, 0.1) is 6.04 Å². The van der Waals surface area contributed by atoms with E-state index in [4.69, 9.17) is 0 Å². The largest absolute Gasteiger partial charge is 0.453 e. The van der Waals surface area contributed by atoms with Crippen molar-refractivity contribution in [3.05, 3.63) is 58.7 Å². The Morgan fingerprint density at radius 3 is 2.34 bits per heavy atom. The lowest BCUT2D eigenvalue weighted by molar-refractivity contribution is -0.144. The van der Waals surface area contributed by atoms with Gasteiger partial charge in [-0.3, -0.25) is 4.79 Å². The number of carbonyl (C=O) groups excluding carboxylic acids is 1. The molecular formula is C23H28F3N5O. The number of amides is 1. The Bertz CT molecular complexity index is 1070. The van der Waals surface area contributed by atoms with Gasteiger partial charge in [0.2, 0.25) is 5.91 Å². The van der Waals surface area contributed by atoms with Crippen LogP contribution in [-0.2, 0) is 17.4 Å². The lowest BCUT2D eigenvalue weighted by Gasteiger charge is -2.27. The van der Waals surface area contributed by atoms with Gasteiger partial charge in [-0.25, -0.2) is 9.50 Å². The molecule has 172 valence electrons. The minimum atomic E-state index is -4.64. The molecule has 1 amide bonds. The molecule has 1 aromatic carbocycles. The molecule has 0 spiro atoms. The van der Waals surface area contributed by atoms with Crippen LogP contribution in [0.15, 0.2) is 30.3 Å². The van der Waals surface area contributed by atoms with Crippen molar-refractivity contribution in [2.24, 2.45) is 5.92 Å². The molecule has 1 unspecified atom stereocenters. The maximum absolute atomic E-state index is 13.0. The summed E-state index contributed by atoms with van der Waals surface area (Å²) in [5.74, 6) is -1.13. The molecule has 0 aliphatic rings. The van der Waals surface area contributed by atoms with Crippen molar-refractivity contribution < 1.29 is 18.0 Å². The van der Waals surface area contributed by atoms with Crippen molar-refractivity contribution in [2.75, 3.05) is 0 Å². The van der Waals surface area contributed by atoms with E-state index in [2.05, 4.69) is 34.2 Å². The molecule has 1 atom stereocenters. The molecule has 0 fully saturated rings. The molecule has 2 heterocycles. The summed E-state index contributed by atoms with van der Waals surface area (Å²) in [5.41, 5.74) is 2.81. The minimum absolute atomic E-state index is 0.0915. The Kier molecular flexibility index (Phi) is 7.16. The van der Waals surface area contributed by atoms with Crippen LogP contribution >= 0.6 is 0 Å². The van der Waals surface area contributed by atoms with E-state index in [0.29, 0.717) is 29.3 Å². The third-order valence-corrected chi connectivity index (χ3v) is 5.90. The Morgan fingerprint density at radius 2 is 1.75 bits per heavy atom. The van der Waals surface area contributed by atoms with Crippen molar-refractivity contribution in [1.29, 1.82) is 0 Å². The zero-order valence-corrected chi connectivity index (χ0v) is 18.7. The average molecular weight is 448 g/mol. The lowest BCUT2D eigenvalue weighted by Crippen LogP contribution is -2.33. The number of benzene rings is 1. The molecule has 0 radical (unpaired) electrons. The minimum Gasteiger partial charge on any atom is -0.349 e. The van der Waals surface area contributed by atoms with Crippen LogP contribution in [0.1, 0.15) is 67.5 Å². The number of rotatable bonds is 8. The second-order valence-corrected chi connectivity index (χ2v) is 7.94. The first-order valence-electron chi connectivity index (χ1n) is 10.8. The zero-order chi connectivity index (χ0) is 23.5. The highest BCUT2D eigenvalue weighted by Gasteiger charge is 2.37. The van der Waals surface area contributed by atoms with Crippen molar-refractivity contribution in [3.8, 4) is 0 Å². The van der Waals surface area contributed by atoms with Crippen LogP contribution in [0, 0.1) is 19.8 Å². The van der Waals surface area contributed by atoms with Crippen molar-refractivity contribution >= 4 is 11.7 Å². The van der Waals surface area contributed by atoms with Gasteiger partial charge in [0.25, 0.3) is 11.6 Å². The zero-order valence-electron chi connectivity index (χ0n) is 18.7. The molecule has 6 nitrogen and oxygen atoms in total. The molecular weight excluding hydrogens is 419 g/mol. The summed E-state index contributed by atoms with van der Waals surface area (Å²) in [6.45, 7) is 7.59. The number of hydrogen-bond acceptors (Lipinski definition) is 4. The standard InChI is InChI=1S/C23H28F3N5O/c1-5-16(6-2)20(17-10-8-7-9-11-17)28-19(32)13-12-18-14(3)27-22-29-21(23(24,25)26)30-31(22)15(18)4/h7-11,16,20H,5-6,12-13H2,1-4H3,(H,28,32). The molecule has 0 bridgehead atoms. The smallest absolute Gasteiger partial charge is 0.349 e. The Labute approximate surface area is 185 Å². The fourth-order valence-electron chi connectivity index (χ4n) is 4.07. The molecule has 0 saturated carbocycles. The van der Waals surface area contributed by atoms with Gasteiger partial charge in [-0.1, -0.05) is 57.0 Å². The number of hydrogen-bond donors (Lipinski definition) is 1. The third kappa shape index (κ3) is 5.08. The molecule has 32 heavy (non-hydrogen) atoms. The summed E-state index contributed by atoms with van der Waals surface area (Å²) in [5, 5.41) is 6.73. The van der Waals surface area contributed by atoms with Gasteiger partial charge >= 0.3 is 6.18 Å². The number of aromatic nitrogens is 4. The SMILES string of the molecule is CCC(CC)C(NC(=O)CCc1c(C)nc2nc(C(F)(F)F)nn2c1C)c1ccccc1. The van der Waals surface area contributed by atoms with E-state index < -0.39 is 12.0 Å². The van der Waals surface area contributed by atoms with E-state index in [9.17, 15) is 18.0 Å². The van der Waals surface area contributed by atoms with Crippen LogP contribution < -0.4 is 5.32 Å². The number of nitrogens with zero attached hydrogens (tertiary/aromatic N) is 4. The van der Waals surface area contributed by atoms with Crippen LogP contribution in [-0.4, -0.2) is 25.5 Å². The normalized spacial score (nSPS) is 13.0. The highest BCUT2D eigenvalue weighted by Crippen LogP contribution is 2.29. The van der Waals surface area contributed by atoms with E-state index in [-0.39, 0.29) is 24.1 Å². The van der Waals surface area contributed by atoms with Crippen molar-refractivity contribution in [2.45, 2.75) is 65.6 Å². The van der Waals surface area contributed by atoms with E-state index >= 15 is 0 Å². The fraction of sp³-hybridized carbons (Fsp3) is 0.478. The van der Waals surface area contributed by atoms with Gasteiger partial charge < -0.3 is 5.32 Å². The molecule has 2 aromatic heterocycles. The topological polar surface area (TPSA) is 72.2 Å². The number of fused-ring (bicyclic) bond motifs is 1. The first-order valence-corrected chi connectivity index (χ1v) is 10.8. The quantitative estimate of drug-likeness (QED) is 0.528. The maximum Gasteiger partial charge on any atom is 0.453 e. The first-order chi connectivity index (χ1) is 15.2. The van der Waals surface area contributed by atoms with Crippen LogP contribution in [0.25, 0.3) is 5.78 Å². The van der Waals surface area contributed by atoms with Crippen LogP contribution in [0.3, 0.4) is 0 Å². The van der Waals surface area contributed by atoms with Gasteiger partial charge in [-0.15, -0.1) is 5.10 Å². The summed E-state index contributed by atoms with van der Waals surface area (Å²) < 4.78 is 40.0. The molecule has 0 saturated heterocycles. The van der Waals surface area contributed by atoms with Gasteiger partial charge in [-0.2, -0.15) is 18.2 Å². The van der Waals surface area contributed by atoms with Crippen LogP contribution in [0.4, 0.5) is 13.2 Å². The lowest BCUT2D eigenvalue weighted by atomic mass is 9.88. The second-order valence-electron chi connectivity index (χ2n) is 7.94. The van der Waals surface area contributed by atoms with E-state index in [1.165, 1.54) is 0 Å². The Hall–Kier alpha value is -2.97. The molecule has 9 heteroatoms. The third-order valence-electron chi connectivity index (χ3n) is 5.90. The molecule has 3 aromatic rings. The summed E-state index contributed by atoms with van der Waals surface area (Å²) in [4.78, 5) is 20.5. The van der Waals surface area contributed by atoms with Gasteiger partial charge in [0.15, 0.2) is 0 Å². The van der Waals surface area contributed by atoms with Crippen molar-refractivity contribution in [3.63, 3.8) is 0 Å². The maximum atomic E-state index is 13.0. The predicted octanol–water partition coefficient (Wildman–Crippen LogP) is 4.99. The number of carbonyl (C=O) groups is 1. The molecule has 3 rings (SSSR count). The summed E-state index contributed by atoms with van der Waals surface area (Å²) in [7, 11) is 0. The monoisotopic (exact) mass is 447 g/mol. The number of nitrogens with one attached hydrogen (secondary N) is 1. The Balaban J connectivity index is 1.78. The molecule has 1 N–H and O–H groups in total. The first kappa shape index (κ1) is 23.7. The average Bonchev–Trinajstić information content (AvgIpc) is 3.19. The number of alkyl halides is 3. The van der Waals surface area contributed by atoms with E-state index in [0.717, 1.165) is 22.9 Å². The second kappa shape index (κ2) is 9.67.